The average Bonchev–Trinajstić information content (AvgIpc) is 2.40. The van der Waals surface area contributed by atoms with E-state index in [1.165, 1.54) is 0 Å². The molecule has 0 saturated carbocycles. The summed E-state index contributed by atoms with van der Waals surface area (Å²) in [5.41, 5.74) is 1.08. The number of hydrogen-bond acceptors (Lipinski definition) is 4. The van der Waals surface area contributed by atoms with Crippen LogP contribution in [0.25, 0.3) is 0 Å². The Morgan fingerprint density at radius 3 is 2.78 bits per heavy atom. The van der Waals surface area contributed by atoms with Gasteiger partial charge >= 0.3 is 5.97 Å². The molecule has 2 rings (SSSR count). The van der Waals surface area contributed by atoms with Gasteiger partial charge in [0.05, 0.1) is 0 Å². The molecule has 0 radical (unpaired) electrons. The van der Waals surface area contributed by atoms with E-state index >= 15 is 0 Å². The number of amides is 1. The van der Waals surface area contributed by atoms with Crippen molar-refractivity contribution in [1.82, 2.24) is 10.6 Å². The number of esters is 1. The lowest BCUT2D eigenvalue weighted by molar-refractivity contribution is -0.159. The van der Waals surface area contributed by atoms with Gasteiger partial charge in [0.1, 0.15) is 0 Å². The molecule has 96 valence electrons. The van der Waals surface area contributed by atoms with Crippen molar-refractivity contribution in [3.63, 3.8) is 0 Å². The zero-order chi connectivity index (χ0) is 12.8. The van der Waals surface area contributed by atoms with Crippen molar-refractivity contribution < 1.29 is 14.3 Å². The first kappa shape index (κ1) is 12.6. The van der Waals surface area contributed by atoms with Crippen LogP contribution in [0.3, 0.4) is 0 Å². The zero-order valence-electron chi connectivity index (χ0n) is 10.0. The fourth-order valence-electron chi connectivity index (χ4n) is 1.75. The molecule has 0 unspecified atom stereocenters. The molecule has 0 aliphatic carbocycles. The monoisotopic (exact) mass is 248 g/mol. The minimum absolute atomic E-state index is 0.273. The molecular weight excluding hydrogens is 232 g/mol. The Bertz CT molecular complexity index is 420. The Labute approximate surface area is 106 Å². The van der Waals surface area contributed by atoms with Gasteiger partial charge in [-0.25, -0.2) is 0 Å². The number of rotatable bonds is 4. The molecule has 1 atom stereocenters. The lowest BCUT2D eigenvalue weighted by Crippen LogP contribution is -2.54. The number of aryl methyl sites for hydroxylation is 1. The third kappa shape index (κ3) is 3.56. The van der Waals surface area contributed by atoms with E-state index in [0.29, 0.717) is 19.5 Å². The first-order valence-electron chi connectivity index (χ1n) is 6.00. The molecule has 1 heterocycles. The highest BCUT2D eigenvalue weighted by molar-refractivity contribution is 5.84. The SMILES string of the molecule is O=C(CCc1ccccc1)O[C@H]1NCCNC1=O. The summed E-state index contributed by atoms with van der Waals surface area (Å²) >= 11 is 0. The third-order valence-corrected chi connectivity index (χ3v) is 2.70. The second kappa shape index (κ2) is 6.16. The van der Waals surface area contributed by atoms with Gasteiger partial charge in [0.15, 0.2) is 0 Å². The van der Waals surface area contributed by atoms with Crippen LogP contribution in [-0.4, -0.2) is 31.2 Å². The number of nitrogens with one attached hydrogen (secondary N) is 2. The van der Waals surface area contributed by atoms with Gasteiger partial charge in [-0.2, -0.15) is 0 Å². The van der Waals surface area contributed by atoms with E-state index in [-0.39, 0.29) is 18.3 Å². The highest BCUT2D eigenvalue weighted by atomic mass is 16.6. The predicted octanol–water partition coefficient (Wildman–Crippen LogP) is 0.208. The van der Waals surface area contributed by atoms with Crippen LogP contribution in [-0.2, 0) is 20.7 Å². The summed E-state index contributed by atoms with van der Waals surface area (Å²) in [6.07, 6.45) is 0.0470. The molecule has 1 amide bonds. The van der Waals surface area contributed by atoms with Crippen LogP contribution in [0, 0.1) is 0 Å². The number of piperazine rings is 1. The van der Waals surface area contributed by atoms with Crippen LogP contribution in [0.1, 0.15) is 12.0 Å². The van der Waals surface area contributed by atoms with E-state index in [1.807, 2.05) is 30.3 Å². The second-order valence-electron chi connectivity index (χ2n) is 4.10. The molecule has 1 aromatic carbocycles. The van der Waals surface area contributed by atoms with Crippen molar-refractivity contribution >= 4 is 11.9 Å². The Morgan fingerprint density at radius 2 is 2.06 bits per heavy atom. The van der Waals surface area contributed by atoms with Crippen molar-refractivity contribution in [2.24, 2.45) is 0 Å². The summed E-state index contributed by atoms with van der Waals surface area (Å²) in [4.78, 5) is 22.9. The molecule has 18 heavy (non-hydrogen) atoms. The smallest absolute Gasteiger partial charge is 0.308 e. The zero-order valence-corrected chi connectivity index (χ0v) is 10.0. The third-order valence-electron chi connectivity index (χ3n) is 2.70. The molecular formula is C13H16N2O3. The fourth-order valence-corrected chi connectivity index (χ4v) is 1.75. The van der Waals surface area contributed by atoms with Crippen molar-refractivity contribution in [2.75, 3.05) is 13.1 Å². The summed E-state index contributed by atoms with van der Waals surface area (Å²) in [6, 6.07) is 9.70. The summed E-state index contributed by atoms with van der Waals surface area (Å²) < 4.78 is 5.06. The summed E-state index contributed by atoms with van der Waals surface area (Å²) in [6.45, 7) is 1.18. The molecule has 5 nitrogen and oxygen atoms in total. The molecule has 1 aromatic rings. The maximum Gasteiger partial charge on any atom is 0.308 e. The van der Waals surface area contributed by atoms with Crippen molar-refractivity contribution in [2.45, 2.75) is 19.1 Å². The van der Waals surface area contributed by atoms with Gasteiger partial charge in [-0.15, -0.1) is 0 Å². The molecule has 2 N–H and O–H groups in total. The highest BCUT2D eigenvalue weighted by Crippen LogP contribution is 2.04. The van der Waals surface area contributed by atoms with E-state index in [4.69, 9.17) is 4.74 Å². The summed E-state index contributed by atoms with van der Waals surface area (Å²) in [7, 11) is 0. The molecule has 0 bridgehead atoms. The molecule has 0 aromatic heterocycles. The second-order valence-corrected chi connectivity index (χ2v) is 4.10. The van der Waals surface area contributed by atoms with Crippen LogP contribution >= 0.6 is 0 Å². The Kier molecular flexibility index (Phi) is 4.30. The van der Waals surface area contributed by atoms with Gasteiger partial charge in [0.2, 0.25) is 6.23 Å². The number of benzene rings is 1. The summed E-state index contributed by atoms with van der Waals surface area (Å²) in [5, 5.41) is 5.48. The molecule has 1 fully saturated rings. The Hall–Kier alpha value is -1.88. The number of hydrogen-bond donors (Lipinski definition) is 2. The van der Waals surface area contributed by atoms with Crippen LogP contribution in [0.5, 0.6) is 0 Å². The van der Waals surface area contributed by atoms with Crippen molar-refractivity contribution in [3.8, 4) is 0 Å². The van der Waals surface area contributed by atoms with Gasteiger partial charge in [0, 0.05) is 19.5 Å². The van der Waals surface area contributed by atoms with Crippen LogP contribution in [0.15, 0.2) is 30.3 Å². The van der Waals surface area contributed by atoms with Crippen LogP contribution in [0.4, 0.5) is 0 Å². The Balaban J connectivity index is 1.76. The van der Waals surface area contributed by atoms with Gasteiger partial charge in [-0.1, -0.05) is 30.3 Å². The van der Waals surface area contributed by atoms with Gasteiger partial charge in [0.25, 0.3) is 5.91 Å². The van der Waals surface area contributed by atoms with Crippen LogP contribution < -0.4 is 10.6 Å². The van der Waals surface area contributed by atoms with Crippen molar-refractivity contribution in [1.29, 1.82) is 0 Å². The topological polar surface area (TPSA) is 67.4 Å². The lowest BCUT2D eigenvalue weighted by Gasteiger charge is -2.23. The molecule has 1 aliphatic rings. The fraction of sp³-hybridized carbons (Fsp3) is 0.385. The first-order valence-corrected chi connectivity index (χ1v) is 6.00. The van der Waals surface area contributed by atoms with Gasteiger partial charge in [-0.05, 0) is 12.0 Å². The van der Waals surface area contributed by atoms with Gasteiger partial charge in [-0.3, -0.25) is 14.9 Å². The van der Waals surface area contributed by atoms with E-state index < -0.39 is 6.23 Å². The number of carbonyl (C=O) groups excluding carboxylic acids is 2. The Morgan fingerprint density at radius 1 is 1.28 bits per heavy atom. The molecule has 1 aliphatic heterocycles. The van der Waals surface area contributed by atoms with Gasteiger partial charge < -0.3 is 10.1 Å². The average molecular weight is 248 g/mol. The normalized spacial score (nSPS) is 19.1. The maximum absolute atomic E-state index is 11.6. The number of ether oxygens (including phenoxy) is 1. The minimum Gasteiger partial charge on any atom is -0.437 e. The molecule has 1 saturated heterocycles. The minimum atomic E-state index is -0.845. The van der Waals surface area contributed by atoms with Crippen LogP contribution in [0.2, 0.25) is 0 Å². The molecule has 0 spiro atoms. The quantitative estimate of drug-likeness (QED) is 0.747. The lowest BCUT2D eigenvalue weighted by atomic mass is 10.1. The highest BCUT2D eigenvalue weighted by Gasteiger charge is 2.24. The predicted molar refractivity (Wildman–Crippen MR) is 65.7 cm³/mol. The number of carbonyl (C=O) groups is 2. The van der Waals surface area contributed by atoms with E-state index in [1.54, 1.807) is 0 Å². The maximum atomic E-state index is 11.6. The van der Waals surface area contributed by atoms with E-state index in [9.17, 15) is 9.59 Å². The van der Waals surface area contributed by atoms with E-state index in [0.717, 1.165) is 5.56 Å². The molecule has 5 heteroatoms. The largest absolute Gasteiger partial charge is 0.437 e. The first-order chi connectivity index (χ1) is 8.75. The van der Waals surface area contributed by atoms with E-state index in [2.05, 4.69) is 10.6 Å². The standard InChI is InChI=1S/C13H16N2O3/c16-11(7-6-10-4-2-1-3-5-10)18-13-12(17)14-8-9-15-13/h1-5,13,15H,6-9H2,(H,14,17)/t13-/m1/s1. The van der Waals surface area contributed by atoms with Crippen molar-refractivity contribution in [3.05, 3.63) is 35.9 Å². The summed E-state index contributed by atoms with van der Waals surface area (Å²) in [5.74, 6) is -0.650.